The van der Waals surface area contributed by atoms with Gasteiger partial charge in [0.15, 0.2) is 0 Å². The third-order valence-electron chi connectivity index (χ3n) is 1.23. The van der Waals surface area contributed by atoms with Gasteiger partial charge in [0.2, 0.25) is 5.96 Å². The molecule has 5 heteroatoms. The van der Waals surface area contributed by atoms with Crippen LogP contribution in [0.4, 0.5) is 0 Å². The first-order valence-electron chi connectivity index (χ1n) is 3.42. The number of aromatic nitrogens is 1. The van der Waals surface area contributed by atoms with Crippen molar-refractivity contribution in [1.82, 2.24) is 4.57 Å². The molecule has 0 unspecified atom stereocenters. The first kappa shape index (κ1) is 8.32. The maximum Gasteiger partial charge on any atom is 0.211 e. The van der Waals surface area contributed by atoms with Gasteiger partial charge in [-0.1, -0.05) is 0 Å². The van der Waals surface area contributed by atoms with Crippen LogP contribution in [-0.2, 0) is 7.05 Å². The van der Waals surface area contributed by atoms with Gasteiger partial charge in [-0.3, -0.25) is 0 Å². The van der Waals surface area contributed by atoms with E-state index in [1.165, 1.54) is 0 Å². The summed E-state index contributed by atoms with van der Waals surface area (Å²) in [5.74, 6) is -0.0396. The Balaban J connectivity index is 2.64. The minimum atomic E-state index is -0.0396. The molecule has 64 valence electrons. The molecule has 0 aromatic carbocycles. The predicted octanol–water partition coefficient (Wildman–Crippen LogP) is -0.368. The fourth-order valence-corrected chi connectivity index (χ4v) is 0.763. The van der Waals surface area contributed by atoms with Gasteiger partial charge in [-0.15, -0.1) is 5.10 Å². The monoisotopic (exact) mass is 165 g/mol. The minimum Gasteiger partial charge on any atom is -0.369 e. The molecule has 0 saturated carbocycles. The van der Waals surface area contributed by atoms with Gasteiger partial charge in [0.05, 0.1) is 6.21 Å². The first-order valence-corrected chi connectivity index (χ1v) is 3.42. The highest BCUT2D eigenvalue weighted by Crippen LogP contribution is 1.94. The Morgan fingerprint density at radius 2 is 2.33 bits per heavy atom. The maximum atomic E-state index is 5.07. The van der Waals surface area contributed by atoms with Crippen molar-refractivity contribution < 1.29 is 0 Å². The minimum absolute atomic E-state index is 0.0396. The summed E-state index contributed by atoms with van der Waals surface area (Å²) in [5.41, 5.74) is 11.1. The number of nitrogens with two attached hydrogens (primary N) is 2. The summed E-state index contributed by atoms with van der Waals surface area (Å²) >= 11 is 0. The van der Waals surface area contributed by atoms with Gasteiger partial charge < -0.3 is 16.0 Å². The van der Waals surface area contributed by atoms with E-state index in [-0.39, 0.29) is 5.96 Å². The topological polar surface area (TPSA) is 81.7 Å². The lowest BCUT2D eigenvalue weighted by molar-refractivity contribution is 0.927. The maximum absolute atomic E-state index is 5.07. The van der Waals surface area contributed by atoms with Crippen molar-refractivity contribution >= 4 is 12.2 Å². The molecule has 12 heavy (non-hydrogen) atoms. The number of rotatable bonds is 2. The third kappa shape index (κ3) is 2.45. The second-order valence-corrected chi connectivity index (χ2v) is 2.38. The molecule has 0 fully saturated rings. The van der Waals surface area contributed by atoms with Crippen molar-refractivity contribution in [3.8, 4) is 0 Å². The third-order valence-corrected chi connectivity index (χ3v) is 1.23. The molecule has 0 aliphatic heterocycles. The van der Waals surface area contributed by atoms with Crippen LogP contribution in [0.15, 0.2) is 28.7 Å². The predicted molar refractivity (Wildman–Crippen MR) is 48.8 cm³/mol. The van der Waals surface area contributed by atoms with Gasteiger partial charge in [-0.25, -0.2) is 0 Å². The molecule has 0 radical (unpaired) electrons. The molecule has 0 aliphatic carbocycles. The largest absolute Gasteiger partial charge is 0.369 e. The molecular weight excluding hydrogens is 154 g/mol. The molecule has 0 atom stereocenters. The number of aryl methyl sites for hydroxylation is 1. The first-order chi connectivity index (χ1) is 5.68. The van der Waals surface area contributed by atoms with Crippen LogP contribution < -0.4 is 11.5 Å². The highest BCUT2D eigenvalue weighted by Gasteiger charge is 1.87. The van der Waals surface area contributed by atoms with Crippen LogP contribution >= 0.6 is 0 Å². The normalized spacial score (nSPS) is 10.4. The van der Waals surface area contributed by atoms with E-state index in [4.69, 9.17) is 11.5 Å². The van der Waals surface area contributed by atoms with Crippen molar-refractivity contribution in [2.45, 2.75) is 0 Å². The van der Waals surface area contributed by atoms with E-state index < -0.39 is 0 Å². The Bertz CT molecular complexity index is 305. The summed E-state index contributed by atoms with van der Waals surface area (Å²) in [5, 5.41) is 7.12. The van der Waals surface area contributed by atoms with Crippen molar-refractivity contribution in [3.63, 3.8) is 0 Å². The molecule has 1 rings (SSSR count). The summed E-state index contributed by atoms with van der Waals surface area (Å²) in [4.78, 5) is 0. The lowest BCUT2D eigenvalue weighted by Crippen LogP contribution is -2.21. The average Bonchev–Trinajstić information content (AvgIpc) is 2.35. The van der Waals surface area contributed by atoms with Gasteiger partial charge >= 0.3 is 0 Å². The van der Waals surface area contributed by atoms with E-state index in [2.05, 4.69) is 10.2 Å². The molecule has 0 spiro atoms. The molecule has 0 bridgehead atoms. The summed E-state index contributed by atoms with van der Waals surface area (Å²) < 4.78 is 1.91. The Hall–Kier alpha value is -1.78. The highest BCUT2D eigenvalue weighted by molar-refractivity contribution is 5.81. The second kappa shape index (κ2) is 3.56. The van der Waals surface area contributed by atoms with Gasteiger partial charge in [-0.05, 0) is 6.07 Å². The summed E-state index contributed by atoms with van der Waals surface area (Å²) in [6.45, 7) is 0. The molecule has 0 amide bonds. The Morgan fingerprint density at radius 1 is 1.58 bits per heavy atom. The quantitative estimate of drug-likeness (QED) is 0.356. The van der Waals surface area contributed by atoms with Crippen molar-refractivity contribution in [3.05, 3.63) is 24.0 Å². The molecule has 0 aliphatic rings. The van der Waals surface area contributed by atoms with E-state index >= 15 is 0 Å². The van der Waals surface area contributed by atoms with Crippen molar-refractivity contribution in [2.75, 3.05) is 0 Å². The van der Waals surface area contributed by atoms with Crippen molar-refractivity contribution in [2.24, 2.45) is 28.7 Å². The lowest BCUT2D eigenvalue weighted by Gasteiger charge is -1.84. The molecule has 1 heterocycles. The SMILES string of the molecule is Cn1ccc(C=NN=C(N)N)c1. The van der Waals surface area contributed by atoms with Crippen LogP contribution in [0.25, 0.3) is 0 Å². The number of hydrogen-bond acceptors (Lipinski definition) is 2. The van der Waals surface area contributed by atoms with Crippen molar-refractivity contribution in [1.29, 1.82) is 0 Å². The Kier molecular flexibility index (Phi) is 2.47. The van der Waals surface area contributed by atoms with E-state index in [0.717, 1.165) is 5.56 Å². The molecule has 4 N–H and O–H groups in total. The molecule has 1 aromatic rings. The van der Waals surface area contributed by atoms with Gasteiger partial charge in [-0.2, -0.15) is 5.10 Å². The van der Waals surface area contributed by atoms with Crippen LogP contribution in [0.5, 0.6) is 0 Å². The number of guanidine groups is 1. The Labute approximate surface area is 70.4 Å². The van der Waals surface area contributed by atoms with Gasteiger partial charge in [0, 0.05) is 25.0 Å². The average molecular weight is 165 g/mol. The van der Waals surface area contributed by atoms with E-state index in [9.17, 15) is 0 Å². The lowest BCUT2D eigenvalue weighted by atomic mass is 10.4. The zero-order valence-corrected chi connectivity index (χ0v) is 6.81. The summed E-state index contributed by atoms with van der Waals surface area (Å²) in [6.07, 6.45) is 5.41. The second-order valence-electron chi connectivity index (χ2n) is 2.38. The smallest absolute Gasteiger partial charge is 0.211 e. The van der Waals surface area contributed by atoms with E-state index in [0.29, 0.717) is 0 Å². The van der Waals surface area contributed by atoms with Gasteiger partial charge in [0.25, 0.3) is 0 Å². The molecule has 1 aromatic heterocycles. The Morgan fingerprint density at radius 3 is 2.83 bits per heavy atom. The zero-order chi connectivity index (χ0) is 8.97. The zero-order valence-electron chi connectivity index (χ0n) is 6.81. The van der Waals surface area contributed by atoms with Crippen LogP contribution in [0.3, 0.4) is 0 Å². The van der Waals surface area contributed by atoms with Crippen LogP contribution in [-0.4, -0.2) is 16.7 Å². The fraction of sp³-hybridized carbons (Fsp3) is 0.143. The standard InChI is InChI=1S/C7H11N5/c1-12-3-2-6(5-12)4-10-11-7(8)9/h2-5H,1H3,(H4,8,9,11). The van der Waals surface area contributed by atoms with Crippen LogP contribution in [0, 0.1) is 0 Å². The molecule has 5 nitrogen and oxygen atoms in total. The summed E-state index contributed by atoms with van der Waals surface area (Å²) in [7, 11) is 1.93. The number of nitrogens with zero attached hydrogens (tertiary/aromatic N) is 3. The van der Waals surface area contributed by atoms with E-state index in [1.54, 1.807) is 6.21 Å². The van der Waals surface area contributed by atoms with Crippen LogP contribution in [0.2, 0.25) is 0 Å². The van der Waals surface area contributed by atoms with E-state index in [1.807, 2.05) is 30.1 Å². The highest BCUT2D eigenvalue weighted by atomic mass is 15.3. The number of hydrogen-bond donors (Lipinski definition) is 2. The van der Waals surface area contributed by atoms with Crippen LogP contribution in [0.1, 0.15) is 5.56 Å². The fourth-order valence-electron chi connectivity index (χ4n) is 0.763. The summed E-state index contributed by atoms with van der Waals surface area (Å²) in [6, 6.07) is 1.91. The molecular formula is C7H11N5. The molecule has 0 saturated heterocycles. The van der Waals surface area contributed by atoms with Gasteiger partial charge in [0.1, 0.15) is 0 Å².